The number of aliphatic carboxylic acids is 1. The lowest BCUT2D eigenvalue weighted by Gasteiger charge is -2.29. The van der Waals surface area contributed by atoms with Crippen molar-refractivity contribution in [3.63, 3.8) is 0 Å². The van der Waals surface area contributed by atoms with Crippen LogP contribution in [0.4, 0.5) is 0 Å². The monoisotopic (exact) mass is 385 g/mol. The normalized spacial score (nSPS) is 21.4. The van der Waals surface area contributed by atoms with Crippen LogP contribution in [0, 0.1) is 0 Å². The topological polar surface area (TPSA) is 101 Å². The summed E-state index contributed by atoms with van der Waals surface area (Å²) in [6.07, 6.45) is 0.916. The second-order valence-corrected chi connectivity index (χ2v) is 9.74. The van der Waals surface area contributed by atoms with Gasteiger partial charge in [-0.3, -0.25) is 9.59 Å². The van der Waals surface area contributed by atoms with Crippen molar-refractivity contribution in [1.29, 1.82) is 0 Å². The van der Waals surface area contributed by atoms with Crippen molar-refractivity contribution in [2.24, 2.45) is 0 Å². The SMILES string of the molecule is CCC(CNC(=O)CSC1CCS(=O)(=O)C1)(C(=O)O)c1ccccc1. The summed E-state index contributed by atoms with van der Waals surface area (Å²) in [5.74, 6) is -0.823. The Hall–Kier alpha value is -1.54. The lowest BCUT2D eigenvalue weighted by atomic mass is 9.78. The number of nitrogens with one attached hydrogen (secondary N) is 1. The number of benzene rings is 1. The molecule has 1 aliphatic heterocycles. The molecule has 6 nitrogen and oxygen atoms in total. The van der Waals surface area contributed by atoms with Crippen LogP contribution >= 0.6 is 11.8 Å². The number of carboxylic acids is 1. The van der Waals surface area contributed by atoms with E-state index in [0.29, 0.717) is 18.4 Å². The Labute approximate surface area is 152 Å². The maximum atomic E-state index is 12.1. The molecule has 2 N–H and O–H groups in total. The number of carbonyl (C=O) groups is 2. The molecule has 0 radical (unpaired) electrons. The van der Waals surface area contributed by atoms with Crippen molar-refractivity contribution in [2.75, 3.05) is 23.8 Å². The highest BCUT2D eigenvalue weighted by molar-refractivity contribution is 8.02. The van der Waals surface area contributed by atoms with Crippen LogP contribution in [-0.4, -0.2) is 54.5 Å². The molecule has 0 aliphatic carbocycles. The molecule has 1 aromatic rings. The van der Waals surface area contributed by atoms with Crippen molar-refractivity contribution in [3.8, 4) is 0 Å². The van der Waals surface area contributed by atoms with Gasteiger partial charge in [-0.1, -0.05) is 37.3 Å². The number of carbonyl (C=O) groups excluding carboxylic acids is 1. The zero-order valence-electron chi connectivity index (χ0n) is 14.1. The molecule has 25 heavy (non-hydrogen) atoms. The van der Waals surface area contributed by atoms with Gasteiger partial charge in [-0.05, 0) is 18.4 Å². The van der Waals surface area contributed by atoms with Crippen LogP contribution in [-0.2, 0) is 24.8 Å². The molecule has 2 atom stereocenters. The zero-order chi connectivity index (χ0) is 18.5. The molecule has 2 unspecified atom stereocenters. The Morgan fingerprint density at radius 2 is 2.00 bits per heavy atom. The predicted octanol–water partition coefficient (Wildman–Crippen LogP) is 1.46. The predicted molar refractivity (Wildman–Crippen MR) is 98.6 cm³/mol. The van der Waals surface area contributed by atoms with Gasteiger partial charge >= 0.3 is 5.97 Å². The summed E-state index contributed by atoms with van der Waals surface area (Å²) < 4.78 is 22.9. The third kappa shape index (κ3) is 4.98. The molecule has 138 valence electrons. The van der Waals surface area contributed by atoms with Crippen LogP contribution in [0.1, 0.15) is 25.3 Å². The van der Waals surface area contributed by atoms with Crippen LogP contribution in [0.5, 0.6) is 0 Å². The second-order valence-electron chi connectivity index (χ2n) is 6.22. The molecule has 0 aromatic heterocycles. The minimum absolute atomic E-state index is 0.00516. The molecule has 1 aliphatic rings. The van der Waals surface area contributed by atoms with Crippen molar-refractivity contribution >= 4 is 33.5 Å². The number of amides is 1. The van der Waals surface area contributed by atoms with Crippen LogP contribution in [0.15, 0.2) is 30.3 Å². The van der Waals surface area contributed by atoms with E-state index in [1.165, 1.54) is 11.8 Å². The van der Waals surface area contributed by atoms with Gasteiger partial charge in [-0.2, -0.15) is 0 Å². The second kappa shape index (κ2) is 8.23. The van der Waals surface area contributed by atoms with E-state index < -0.39 is 21.2 Å². The Morgan fingerprint density at radius 3 is 2.52 bits per heavy atom. The zero-order valence-corrected chi connectivity index (χ0v) is 15.7. The quantitative estimate of drug-likeness (QED) is 0.703. The highest BCUT2D eigenvalue weighted by Crippen LogP contribution is 2.28. The van der Waals surface area contributed by atoms with Gasteiger partial charge in [0.05, 0.1) is 17.3 Å². The minimum atomic E-state index is -2.96. The summed E-state index contributed by atoms with van der Waals surface area (Å²) in [5.41, 5.74) is -0.516. The highest BCUT2D eigenvalue weighted by atomic mass is 32.2. The van der Waals surface area contributed by atoms with Gasteiger partial charge in [0.1, 0.15) is 5.41 Å². The van der Waals surface area contributed by atoms with E-state index in [0.717, 1.165) is 0 Å². The fourth-order valence-electron chi connectivity index (χ4n) is 2.93. The molecule has 0 bridgehead atoms. The number of hydrogen-bond acceptors (Lipinski definition) is 5. The van der Waals surface area contributed by atoms with Gasteiger partial charge < -0.3 is 10.4 Å². The van der Waals surface area contributed by atoms with Crippen LogP contribution in [0.2, 0.25) is 0 Å². The Balaban J connectivity index is 1.94. The molecule has 1 amide bonds. The fraction of sp³-hybridized carbons (Fsp3) is 0.529. The van der Waals surface area contributed by atoms with Gasteiger partial charge in [0, 0.05) is 11.8 Å². The lowest BCUT2D eigenvalue weighted by Crippen LogP contribution is -2.46. The standard InChI is InChI=1S/C17H23NO5S2/c1-2-17(16(20)21,13-6-4-3-5-7-13)12-18-15(19)10-24-14-8-9-25(22,23)11-14/h3-7,14H,2,8-12H2,1H3,(H,18,19)(H,20,21). The van der Waals surface area contributed by atoms with E-state index in [1.807, 2.05) is 6.07 Å². The van der Waals surface area contributed by atoms with E-state index in [4.69, 9.17) is 0 Å². The summed E-state index contributed by atoms with van der Waals surface area (Å²) in [5, 5.41) is 12.4. The van der Waals surface area contributed by atoms with E-state index in [2.05, 4.69) is 5.32 Å². The molecule has 0 spiro atoms. The Morgan fingerprint density at radius 1 is 1.32 bits per heavy atom. The maximum Gasteiger partial charge on any atom is 0.315 e. The van der Waals surface area contributed by atoms with E-state index in [9.17, 15) is 23.1 Å². The summed E-state index contributed by atoms with van der Waals surface area (Å²) in [6.45, 7) is 1.79. The molecule has 2 rings (SSSR count). The highest BCUT2D eigenvalue weighted by Gasteiger charge is 2.39. The van der Waals surface area contributed by atoms with Gasteiger partial charge in [0.2, 0.25) is 5.91 Å². The van der Waals surface area contributed by atoms with Crippen LogP contribution in [0.25, 0.3) is 0 Å². The first-order chi connectivity index (χ1) is 11.8. The first-order valence-electron chi connectivity index (χ1n) is 8.17. The average molecular weight is 386 g/mol. The Bertz CT molecular complexity index is 720. The third-order valence-electron chi connectivity index (χ3n) is 4.57. The van der Waals surface area contributed by atoms with E-state index >= 15 is 0 Å². The van der Waals surface area contributed by atoms with Crippen LogP contribution < -0.4 is 5.32 Å². The van der Waals surface area contributed by atoms with Crippen molar-refractivity contribution < 1.29 is 23.1 Å². The van der Waals surface area contributed by atoms with Gasteiger partial charge in [0.15, 0.2) is 9.84 Å². The Kier molecular flexibility index (Phi) is 6.51. The van der Waals surface area contributed by atoms with Gasteiger partial charge in [-0.15, -0.1) is 11.8 Å². The largest absolute Gasteiger partial charge is 0.481 e. The van der Waals surface area contributed by atoms with Crippen molar-refractivity contribution in [3.05, 3.63) is 35.9 Å². The summed E-state index contributed by atoms with van der Waals surface area (Å²) in [4.78, 5) is 24.0. The molecular formula is C17H23NO5S2. The molecule has 1 aromatic carbocycles. The number of sulfone groups is 1. The summed E-state index contributed by atoms with van der Waals surface area (Å²) in [6, 6.07) is 8.88. The average Bonchev–Trinajstić information content (AvgIpc) is 2.94. The van der Waals surface area contributed by atoms with Gasteiger partial charge in [0.25, 0.3) is 0 Å². The molecule has 1 fully saturated rings. The summed E-state index contributed by atoms with van der Waals surface area (Å²) in [7, 11) is -2.96. The molecule has 8 heteroatoms. The summed E-state index contributed by atoms with van der Waals surface area (Å²) >= 11 is 1.32. The number of thioether (sulfide) groups is 1. The first kappa shape index (κ1) is 19.8. The number of hydrogen-bond donors (Lipinski definition) is 2. The van der Waals surface area contributed by atoms with E-state index in [-0.39, 0.29) is 35.0 Å². The number of carboxylic acid groups (broad SMARTS) is 1. The molecule has 1 heterocycles. The minimum Gasteiger partial charge on any atom is -0.481 e. The van der Waals surface area contributed by atoms with Crippen molar-refractivity contribution in [1.82, 2.24) is 5.32 Å². The lowest BCUT2D eigenvalue weighted by molar-refractivity contribution is -0.144. The molecule has 0 saturated carbocycles. The maximum absolute atomic E-state index is 12.1. The van der Waals surface area contributed by atoms with Crippen LogP contribution in [0.3, 0.4) is 0 Å². The third-order valence-corrected chi connectivity index (χ3v) is 7.85. The van der Waals surface area contributed by atoms with Gasteiger partial charge in [-0.25, -0.2) is 8.42 Å². The molecule has 1 saturated heterocycles. The fourth-order valence-corrected chi connectivity index (χ4v) is 6.40. The number of rotatable bonds is 8. The van der Waals surface area contributed by atoms with E-state index in [1.54, 1.807) is 31.2 Å². The van der Waals surface area contributed by atoms with Crippen molar-refractivity contribution in [2.45, 2.75) is 30.4 Å². The first-order valence-corrected chi connectivity index (χ1v) is 11.0. The smallest absolute Gasteiger partial charge is 0.315 e. The molecular weight excluding hydrogens is 362 g/mol.